The lowest BCUT2D eigenvalue weighted by atomic mass is 10.2. The number of rotatable bonds is 4. The minimum atomic E-state index is -0.518. The van der Waals surface area contributed by atoms with E-state index in [-0.39, 0.29) is 11.3 Å². The minimum absolute atomic E-state index is 0.0904. The highest BCUT2D eigenvalue weighted by atomic mass is 32.2. The first-order valence-corrected chi connectivity index (χ1v) is 6.92. The number of nitro benzene ring substituents is 1. The molecule has 2 aromatic rings. The third-order valence-electron chi connectivity index (χ3n) is 2.26. The number of hydrogen-bond donors (Lipinski definition) is 0. The maximum Gasteiger partial charge on any atom is 0.270 e. The molecule has 19 heavy (non-hydrogen) atoms. The van der Waals surface area contributed by atoms with Gasteiger partial charge in [-0.25, -0.2) is 4.98 Å². The number of hydrogen-bond acceptors (Lipinski definition) is 7. The summed E-state index contributed by atoms with van der Waals surface area (Å²) in [4.78, 5) is 15.1. The highest BCUT2D eigenvalue weighted by Gasteiger charge is 2.13. The molecule has 1 aromatic carbocycles. The van der Waals surface area contributed by atoms with E-state index >= 15 is 0 Å². The predicted molar refractivity (Wildman–Crippen MR) is 71.2 cm³/mol. The third kappa shape index (κ3) is 3.07. The van der Waals surface area contributed by atoms with Crippen molar-refractivity contribution < 1.29 is 4.92 Å². The van der Waals surface area contributed by atoms with Gasteiger partial charge in [-0.3, -0.25) is 10.1 Å². The zero-order valence-corrected chi connectivity index (χ0v) is 11.5. The molecule has 0 aliphatic heterocycles. The molecule has 2 rings (SSSR count). The van der Waals surface area contributed by atoms with Crippen molar-refractivity contribution in [1.29, 1.82) is 5.26 Å². The molecule has 96 valence electrons. The summed E-state index contributed by atoms with van der Waals surface area (Å²) in [6.07, 6.45) is 0.752. The van der Waals surface area contributed by atoms with Gasteiger partial charge in [-0.15, -0.1) is 0 Å². The van der Waals surface area contributed by atoms with Crippen LogP contribution in [0.15, 0.2) is 27.4 Å². The second kappa shape index (κ2) is 5.77. The number of non-ortho nitro benzene ring substituents is 1. The summed E-state index contributed by atoms with van der Waals surface area (Å²) in [5.41, 5.74) is 0.180. The van der Waals surface area contributed by atoms with Gasteiger partial charge >= 0.3 is 0 Å². The SMILES string of the molecule is CCc1nsc(Sc2ccc([N+](=O)[O-])cc2C#N)n1. The lowest BCUT2D eigenvalue weighted by Gasteiger charge is -2.00. The minimum Gasteiger partial charge on any atom is -0.258 e. The average Bonchev–Trinajstić information content (AvgIpc) is 2.86. The Kier molecular flexibility index (Phi) is 4.09. The van der Waals surface area contributed by atoms with E-state index in [2.05, 4.69) is 9.36 Å². The van der Waals surface area contributed by atoms with Crippen LogP contribution < -0.4 is 0 Å². The first-order chi connectivity index (χ1) is 9.13. The fraction of sp³-hybridized carbons (Fsp3) is 0.182. The molecular formula is C11H8N4O2S2. The number of benzene rings is 1. The zero-order chi connectivity index (χ0) is 13.8. The molecule has 8 heteroatoms. The fourth-order valence-corrected chi connectivity index (χ4v) is 3.04. The molecule has 1 heterocycles. The second-order valence-electron chi connectivity index (χ2n) is 3.48. The average molecular weight is 292 g/mol. The topological polar surface area (TPSA) is 92.7 Å². The van der Waals surface area contributed by atoms with Gasteiger partial charge in [0.2, 0.25) is 0 Å². The Morgan fingerprint density at radius 3 is 2.95 bits per heavy atom. The van der Waals surface area contributed by atoms with Crippen LogP contribution in [0, 0.1) is 21.4 Å². The van der Waals surface area contributed by atoms with Crippen molar-refractivity contribution in [2.45, 2.75) is 22.6 Å². The van der Waals surface area contributed by atoms with Gasteiger partial charge in [0.15, 0.2) is 4.34 Å². The third-order valence-corrected chi connectivity index (χ3v) is 4.12. The monoisotopic (exact) mass is 292 g/mol. The van der Waals surface area contributed by atoms with Crippen molar-refractivity contribution in [3.8, 4) is 6.07 Å². The van der Waals surface area contributed by atoms with Crippen LogP contribution in [0.3, 0.4) is 0 Å². The Morgan fingerprint density at radius 1 is 1.58 bits per heavy atom. The van der Waals surface area contributed by atoms with E-state index in [1.807, 2.05) is 13.0 Å². The summed E-state index contributed by atoms with van der Waals surface area (Å²) in [6, 6.07) is 6.17. The molecular weight excluding hydrogens is 284 g/mol. The quantitative estimate of drug-likeness (QED) is 0.635. The van der Waals surface area contributed by atoms with Gasteiger partial charge in [0.25, 0.3) is 5.69 Å². The van der Waals surface area contributed by atoms with Crippen molar-refractivity contribution in [3.63, 3.8) is 0 Å². The molecule has 0 amide bonds. The lowest BCUT2D eigenvalue weighted by molar-refractivity contribution is -0.384. The smallest absolute Gasteiger partial charge is 0.258 e. The van der Waals surface area contributed by atoms with Crippen LogP contribution in [-0.4, -0.2) is 14.3 Å². The highest BCUT2D eigenvalue weighted by Crippen LogP contribution is 2.33. The van der Waals surface area contributed by atoms with E-state index in [4.69, 9.17) is 5.26 Å². The maximum atomic E-state index is 10.6. The Morgan fingerprint density at radius 2 is 2.37 bits per heavy atom. The molecule has 0 saturated heterocycles. The first-order valence-electron chi connectivity index (χ1n) is 5.33. The number of aromatic nitrogens is 2. The molecule has 0 aliphatic rings. The summed E-state index contributed by atoms with van der Waals surface area (Å²) in [5.74, 6) is 0.757. The van der Waals surface area contributed by atoms with Crippen LogP contribution in [0.25, 0.3) is 0 Å². The zero-order valence-electron chi connectivity index (χ0n) is 9.86. The van der Waals surface area contributed by atoms with Gasteiger partial charge in [-0.05, 0) is 17.6 Å². The number of nitrogens with zero attached hydrogens (tertiary/aromatic N) is 4. The first kappa shape index (κ1) is 13.5. The van der Waals surface area contributed by atoms with E-state index in [1.165, 1.54) is 35.4 Å². The van der Waals surface area contributed by atoms with Crippen LogP contribution in [0.2, 0.25) is 0 Å². The van der Waals surface area contributed by atoms with Crippen LogP contribution in [0.1, 0.15) is 18.3 Å². The summed E-state index contributed by atoms with van der Waals surface area (Å²) in [6.45, 7) is 1.96. The molecule has 0 unspecified atom stereocenters. The normalized spacial score (nSPS) is 10.1. The number of nitriles is 1. The molecule has 0 radical (unpaired) electrons. The van der Waals surface area contributed by atoms with Gasteiger partial charge in [-0.1, -0.05) is 18.7 Å². The second-order valence-corrected chi connectivity index (χ2v) is 5.52. The summed E-state index contributed by atoms with van der Waals surface area (Å²) < 4.78 is 4.87. The van der Waals surface area contributed by atoms with Crippen LogP contribution in [-0.2, 0) is 6.42 Å². The summed E-state index contributed by atoms with van der Waals surface area (Å²) in [5, 5.41) is 19.7. The fourth-order valence-electron chi connectivity index (χ4n) is 1.32. The van der Waals surface area contributed by atoms with Crippen LogP contribution >= 0.6 is 23.3 Å². The van der Waals surface area contributed by atoms with E-state index in [1.54, 1.807) is 6.07 Å². The lowest BCUT2D eigenvalue weighted by Crippen LogP contribution is -1.90. The van der Waals surface area contributed by atoms with Crippen molar-refractivity contribution >= 4 is 29.0 Å². The van der Waals surface area contributed by atoms with E-state index in [0.717, 1.165) is 16.6 Å². The highest BCUT2D eigenvalue weighted by molar-refractivity contribution is 8.01. The molecule has 0 spiro atoms. The van der Waals surface area contributed by atoms with E-state index in [0.29, 0.717) is 4.90 Å². The molecule has 6 nitrogen and oxygen atoms in total. The van der Waals surface area contributed by atoms with Crippen LogP contribution in [0.5, 0.6) is 0 Å². The van der Waals surface area contributed by atoms with Gasteiger partial charge in [-0.2, -0.15) is 9.64 Å². The van der Waals surface area contributed by atoms with E-state index < -0.39 is 4.92 Å². The van der Waals surface area contributed by atoms with Crippen molar-refractivity contribution in [1.82, 2.24) is 9.36 Å². The van der Waals surface area contributed by atoms with Gasteiger partial charge in [0.05, 0.1) is 10.5 Å². The predicted octanol–water partition coefficient (Wildman–Crippen LogP) is 3.03. The van der Waals surface area contributed by atoms with Crippen molar-refractivity contribution in [3.05, 3.63) is 39.7 Å². The van der Waals surface area contributed by atoms with Gasteiger partial charge in [0, 0.05) is 23.4 Å². The van der Waals surface area contributed by atoms with Crippen LogP contribution in [0.4, 0.5) is 5.69 Å². The molecule has 0 N–H and O–H groups in total. The molecule has 0 aliphatic carbocycles. The Balaban J connectivity index is 2.30. The Bertz CT molecular complexity index is 663. The Labute approximate surface area is 117 Å². The largest absolute Gasteiger partial charge is 0.270 e. The summed E-state index contributed by atoms with van der Waals surface area (Å²) >= 11 is 2.55. The molecule has 0 bridgehead atoms. The van der Waals surface area contributed by atoms with Crippen molar-refractivity contribution in [2.75, 3.05) is 0 Å². The molecule has 0 saturated carbocycles. The molecule has 0 atom stereocenters. The number of nitro groups is 1. The standard InChI is InChI=1S/C11H8N4O2S2/c1-2-10-13-11(19-14-10)18-9-4-3-8(15(16)17)5-7(9)6-12/h3-5H,2H2,1H3. The Hall–Kier alpha value is -1.98. The van der Waals surface area contributed by atoms with Crippen molar-refractivity contribution in [2.24, 2.45) is 0 Å². The van der Waals surface area contributed by atoms with E-state index in [9.17, 15) is 10.1 Å². The number of aryl methyl sites for hydroxylation is 1. The van der Waals surface area contributed by atoms with Gasteiger partial charge < -0.3 is 0 Å². The molecule has 1 aromatic heterocycles. The maximum absolute atomic E-state index is 10.6. The van der Waals surface area contributed by atoms with Gasteiger partial charge in [0.1, 0.15) is 11.9 Å². The molecule has 0 fully saturated rings. The summed E-state index contributed by atoms with van der Waals surface area (Å²) in [7, 11) is 0.